The van der Waals surface area contributed by atoms with E-state index in [0.717, 1.165) is 42.5 Å². The normalized spacial score (nSPS) is 26.6. The molecule has 4 atom stereocenters. The van der Waals surface area contributed by atoms with Crippen LogP contribution in [0.4, 0.5) is 0 Å². The largest absolute Gasteiger partial charge is 0.390 e. The number of imidazole rings is 2. The molecule has 0 spiro atoms. The Balaban J connectivity index is 1.06. The van der Waals surface area contributed by atoms with Gasteiger partial charge in [-0.2, -0.15) is 0 Å². The SMILES string of the molecule is CC(C)N(C[C@H]1O[C@@H](n2cnc3c(CO)ncnc32)[C@H](O)[C@@H]1O)C1CC(CCc2nc3ccc(C(C)(C)C)cc3[nH]2)C1. The number of aryl methyl sites for hydroxylation is 1. The lowest BCUT2D eigenvalue weighted by atomic mass is 9.76. The zero-order chi connectivity index (χ0) is 29.8. The van der Waals surface area contributed by atoms with Crippen LogP contribution in [0.3, 0.4) is 0 Å². The third-order valence-electron chi connectivity index (χ3n) is 9.12. The molecule has 4 heterocycles. The van der Waals surface area contributed by atoms with Crippen LogP contribution in [0, 0.1) is 5.92 Å². The van der Waals surface area contributed by atoms with Crippen molar-refractivity contribution in [3.8, 4) is 0 Å². The summed E-state index contributed by atoms with van der Waals surface area (Å²) in [6.45, 7) is 11.3. The van der Waals surface area contributed by atoms with Gasteiger partial charge >= 0.3 is 0 Å². The minimum atomic E-state index is -1.13. The molecule has 1 aromatic carbocycles. The highest BCUT2D eigenvalue weighted by atomic mass is 16.6. The summed E-state index contributed by atoms with van der Waals surface area (Å²) in [4.78, 5) is 23.4. The molecule has 3 aromatic heterocycles. The topological polar surface area (TPSA) is 145 Å². The maximum atomic E-state index is 11.0. The number of nitrogens with one attached hydrogen (secondary N) is 1. The molecule has 1 saturated heterocycles. The first-order valence-corrected chi connectivity index (χ1v) is 15.1. The Morgan fingerprint density at radius 3 is 2.62 bits per heavy atom. The van der Waals surface area contributed by atoms with Crippen molar-refractivity contribution in [1.29, 1.82) is 0 Å². The standard InChI is InChI=1S/C31H43N7O4/c1-17(2)37(13-24-27(40)28(41)30(42-24)38-16-34-26-23(14-39)32-15-33-29(26)38)20-10-18(11-20)6-9-25-35-21-8-7-19(31(3,4)5)12-22(21)36-25/h7-8,12,15-18,20,24,27-28,30,39-41H,6,9-11,13-14H2,1-5H3,(H,35,36)/t18?,20?,24-,27-,28-,30-/m1/s1. The van der Waals surface area contributed by atoms with Crippen molar-refractivity contribution in [2.24, 2.45) is 5.92 Å². The van der Waals surface area contributed by atoms with E-state index in [9.17, 15) is 15.3 Å². The number of aliphatic hydroxyl groups is 3. The Kier molecular flexibility index (Phi) is 7.82. The highest BCUT2D eigenvalue weighted by molar-refractivity contribution is 5.76. The summed E-state index contributed by atoms with van der Waals surface area (Å²) in [7, 11) is 0. The lowest BCUT2D eigenvalue weighted by Gasteiger charge is -2.46. The van der Waals surface area contributed by atoms with Gasteiger partial charge in [-0.1, -0.05) is 26.8 Å². The third-order valence-corrected chi connectivity index (χ3v) is 9.12. The minimum absolute atomic E-state index is 0.106. The Hall–Kier alpha value is -2.96. The number of aliphatic hydroxyl groups excluding tert-OH is 3. The predicted octanol–water partition coefficient (Wildman–Crippen LogP) is 3.23. The summed E-state index contributed by atoms with van der Waals surface area (Å²) in [5, 5.41) is 31.5. The van der Waals surface area contributed by atoms with E-state index in [2.05, 4.69) is 77.7 Å². The van der Waals surface area contributed by atoms with Crippen molar-refractivity contribution in [3.05, 3.63) is 47.9 Å². The minimum Gasteiger partial charge on any atom is -0.390 e. The molecule has 1 aliphatic heterocycles. The Bertz CT molecular complexity index is 1540. The summed E-state index contributed by atoms with van der Waals surface area (Å²) in [6.07, 6.45) is 3.50. The molecule has 0 bridgehead atoms. The molecule has 4 N–H and O–H groups in total. The summed E-state index contributed by atoms with van der Waals surface area (Å²) < 4.78 is 7.86. The Morgan fingerprint density at radius 2 is 1.90 bits per heavy atom. The fraction of sp³-hybridized carbons (Fsp3) is 0.613. The highest BCUT2D eigenvalue weighted by Crippen LogP contribution is 2.38. The van der Waals surface area contributed by atoms with Crippen molar-refractivity contribution in [2.75, 3.05) is 6.54 Å². The molecule has 226 valence electrons. The van der Waals surface area contributed by atoms with E-state index in [1.807, 2.05) is 0 Å². The fourth-order valence-electron chi connectivity index (χ4n) is 6.50. The van der Waals surface area contributed by atoms with Crippen molar-refractivity contribution in [2.45, 2.75) is 109 Å². The number of aromatic nitrogens is 6. The van der Waals surface area contributed by atoms with Crippen LogP contribution >= 0.6 is 0 Å². The predicted molar refractivity (Wildman–Crippen MR) is 159 cm³/mol. The molecule has 11 heteroatoms. The maximum absolute atomic E-state index is 11.0. The summed E-state index contributed by atoms with van der Waals surface area (Å²) in [5.74, 6) is 1.67. The number of nitrogens with zero attached hydrogens (tertiary/aromatic N) is 6. The van der Waals surface area contributed by atoms with Crippen LogP contribution in [0.2, 0.25) is 0 Å². The van der Waals surface area contributed by atoms with E-state index < -0.39 is 24.5 Å². The Morgan fingerprint density at radius 1 is 1.12 bits per heavy atom. The van der Waals surface area contributed by atoms with Crippen LogP contribution in [0.25, 0.3) is 22.2 Å². The smallest absolute Gasteiger partial charge is 0.165 e. The van der Waals surface area contributed by atoms with Crippen molar-refractivity contribution >= 4 is 22.2 Å². The van der Waals surface area contributed by atoms with Crippen LogP contribution in [-0.4, -0.2) is 86.6 Å². The first kappa shape index (κ1) is 29.1. The highest BCUT2D eigenvalue weighted by Gasteiger charge is 2.46. The first-order valence-electron chi connectivity index (χ1n) is 15.1. The molecule has 4 aromatic rings. The van der Waals surface area contributed by atoms with E-state index in [0.29, 0.717) is 35.4 Å². The third kappa shape index (κ3) is 5.44. The van der Waals surface area contributed by atoms with Gasteiger partial charge in [-0.3, -0.25) is 9.47 Å². The molecule has 1 aliphatic carbocycles. The van der Waals surface area contributed by atoms with Gasteiger partial charge in [0.25, 0.3) is 0 Å². The summed E-state index contributed by atoms with van der Waals surface area (Å²) in [6, 6.07) is 7.19. The van der Waals surface area contributed by atoms with Crippen LogP contribution in [0.15, 0.2) is 30.9 Å². The number of rotatable bonds is 9. The van der Waals surface area contributed by atoms with E-state index in [4.69, 9.17) is 9.72 Å². The fourth-order valence-corrected chi connectivity index (χ4v) is 6.50. The van der Waals surface area contributed by atoms with Crippen LogP contribution in [0.1, 0.15) is 77.2 Å². The number of fused-ring (bicyclic) bond motifs is 2. The van der Waals surface area contributed by atoms with Gasteiger partial charge in [-0.25, -0.2) is 19.9 Å². The molecular weight excluding hydrogens is 534 g/mol. The van der Waals surface area contributed by atoms with Gasteiger partial charge in [0.15, 0.2) is 11.9 Å². The number of ether oxygens (including phenoxy) is 1. The van der Waals surface area contributed by atoms with E-state index in [1.54, 1.807) is 4.57 Å². The molecule has 42 heavy (non-hydrogen) atoms. The summed E-state index contributed by atoms with van der Waals surface area (Å²) >= 11 is 0. The number of aromatic amines is 1. The van der Waals surface area contributed by atoms with Crippen LogP contribution in [0.5, 0.6) is 0 Å². The maximum Gasteiger partial charge on any atom is 0.165 e. The molecule has 0 amide bonds. The molecule has 0 unspecified atom stereocenters. The van der Waals surface area contributed by atoms with Crippen molar-refractivity contribution in [1.82, 2.24) is 34.4 Å². The van der Waals surface area contributed by atoms with Crippen molar-refractivity contribution < 1.29 is 20.1 Å². The monoisotopic (exact) mass is 577 g/mol. The Labute approximate surface area is 246 Å². The molecule has 2 fully saturated rings. The van der Waals surface area contributed by atoms with Crippen LogP contribution < -0.4 is 0 Å². The van der Waals surface area contributed by atoms with Gasteiger partial charge < -0.3 is 25.0 Å². The van der Waals surface area contributed by atoms with Gasteiger partial charge in [-0.05, 0) is 62.1 Å². The van der Waals surface area contributed by atoms with Gasteiger partial charge in [0.05, 0.1) is 29.7 Å². The first-order chi connectivity index (χ1) is 20.0. The van der Waals surface area contributed by atoms with Gasteiger partial charge in [0.2, 0.25) is 0 Å². The van der Waals surface area contributed by atoms with E-state index >= 15 is 0 Å². The lowest BCUT2D eigenvalue weighted by molar-refractivity contribution is -0.0620. The molecular formula is C31H43N7O4. The summed E-state index contributed by atoms with van der Waals surface area (Å²) in [5.41, 5.74) is 4.85. The lowest BCUT2D eigenvalue weighted by Crippen LogP contribution is -2.52. The molecule has 1 saturated carbocycles. The molecule has 6 rings (SSSR count). The van der Waals surface area contributed by atoms with Gasteiger partial charge in [0.1, 0.15) is 36.0 Å². The number of H-pyrrole nitrogens is 1. The van der Waals surface area contributed by atoms with E-state index in [1.165, 1.54) is 18.2 Å². The number of benzene rings is 1. The average molecular weight is 578 g/mol. The van der Waals surface area contributed by atoms with Crippen molar-refractivity contribution in [3.63, 3.8) is 0 Å². The van der Waals surface area contributed by atoms with E-state index in [-0.39, 0.29) is 18.1 Å². The molecule has 0 radical (unpaired) electrons. The number of hydrogen-bond donors (Lipinski definition) is 4. The molecule has 11 nitrogen and oxygen atoms in total. The quantitative estimate of drug-likeness (QED) is 0.236. The zero-order valence-electron chi connectivity index (χ0n) is 25.1. The number of hydrogen-bond acceptors (Lipinski definition) is 9. The second-order valence-corrected chi connectivity index (χ2v) is 13.3. The molecule has 2 aliphatic rings. The van der Waals surface area contributed by atoms with Crippen LogP contribution in [-0.2, 0) is 23.2 Å². The van der Waals surface area contributed by atoms with Gasteiger partial charge in [-0.15, -0.1) is 0 Å². The second kappa shape index (κ2) is 11.3. The second-order valence-electron chi connectivity index (χ2n) is 13.3. The zero-order valence-corrected chi connectivity index (χ0v) is 25.1. The van der Waals surface area contributed by atoms with Gasteiger partial charge in [0, 0.05) is 25.0 Å². The average Bonchev–Trinajstić information content (AvgIpc) is 3.61.